The molecule has 0 saturated carbocycles. The van der Waals surface area contributed by atoms with Crippen LogP contribution >= 0.6 is 11.6 Å². The van der Waals surface area contributed by atoms with E-state index in [2.05, 4.69) is 5.32 Å². The minimum atomic E-state index is -1.34. The molecule has 0 bridgehead atoms. The summed E-state index contributed by atoms with van der Waals surface area (Å²) < 4.78 is 49.1. The zero-order valence-corrected chi connectivity index (χ0v) is 12.6. The van der Waals surface area contributed by atoms with Gasteiger partial charge < -0.3 is 14.8 Å². The molecule has 1 amide bonds. The fourth-order valence-electron chi connectivity index (χ4n) is 1.72. The number of amides is 1. The summed E-state index contributed by atoms with van der Waals surface area (Å²) in [6.45, 7) is -0.613. The number of anilines is 1. The van der Waals surface area contributed by atoms with Gasteiger partial charge in [-0.15, -0.1) is 0 Å². The Morgan fingerprint density at radius 3 is 2.48 bits per heavy atom. The predicted octanol–water partition coefficient (Wildman–Crippen LogP) is 3.78. The molecular formula is C15H11ClF3NO3. The number of carbonyl (C=O) groups excluding carboxylic acids is 1. The molecule has 0 saturated heterocycles. The van der Waals surface area contributed by atoms with Gasteiger partial charge in [-0.3, -0.25) is 4.79 Å². The first-order chi connectivity index (χ1) is 10.9. The second-order valence-electron chi connectivity index (χ2n) is 4.38. The molecule has 23 heavy (non-hydrogen) atoms. The van der Waals surface area contributed by atoms with Gasteiger partial charge in [0, 0.05) is 17.2 Å². The standard InChI is InChI=1S/C15H11ClF3NO3/c1-22-13-3-2-8(16)4-12(13)20-15(21)7-23-14-6-10(18)9(17)5-11(14)19/h2-6H,7H2,1H3,(H,20,21). The van der Waals surface area contributed by atoms with E-state index in [-0.39, 0.29) is 0 Å². The lowest BCUT2D eigenvalue weighted by Crippen LogP contribution is -2.21. The second-order valence-corrected chi connectivity index (χ2v) is 4.81. The molecule has 2 aromatic carbocycles. The first kappa shape index (κ1) is 17.0. The van der Waals surface area contributed by atoms with Crippen molar-refractivity contribution in [3.8, 4) is 11.5 Å². The lowest BCUT2D eigenvalue weighted by atomic mass is 10.3. The van der Waals surface area contributed by atoms with Crippen LogP contribution in [0, 0.1) is 17.5 Å². The molecule has 0 spiro atoms. The number of methoxy groups -OCH3 is 1. The van der Waals surface area contributed by atoms with Gasteiger partial charge in [-0.05, 0) is 18.2 Å². The smallest absolute Gasteiger partial charge is 0.262 e. The largest absolute Gasteiger partial charge is 0.495 e. The van der Waals surface area contributed by atoms with Crippen molar-refractivity contribution in [2.24, 2.45) is 0 Å². The highest BCUT2D eigenvalue weighted by Gasteiger charge is 2.13. The van der Waals surface area contributed by atoms with E-state index in [1.807, 2.05) is 0 Å². The monoisotopic (exact) mass is 345 g/mol. The van der Waals surface area contributed by atoms with E-state index in [1.54, 1.807) is 12.1 Å². The Kier molecular flexibility index (Phi) is 5.33. The highest BCUT2D eigenvalue weighted by molar-refractivity contribution is 6.31. The SMILES string of the molecule is COc1ccc(Cl)cc1NC(=O)COc1cc(F)c(F)cc1F. The molecule has 8 heteroatoms. The number of rotatable bonds is 5. The molecule has 0 aliphatic carbocycles. The highest BCUT2D eigenvalue weighted by Crippen LogP contribution is 2.27. The van der Waals surface area contributed by atoms with Crippen LogP contribution in [0.25, 0.3) is 0 Å². The second kappa shape index (κ2) is 7.23. The fraction of sp³-hybridized carbons (Fsp3) is 0.133. The zero-order valence-electron chi connectivity index (χ0n) is 11.8. The van der Waals surface area contributed by atoms with Crippen LogP contribution in [0.3, 0.4) is 0 Å². The summed E-state index contributed by atoms with van der Waals surface area (Å²) in [5.74, 6) is -4.60. The Bertz CT molecular complexity index is 740. The summed E-state index contributed by atoms with van der Waals surface area (Å²) in [7, 11) is 1.41. The molecule has 0 aliphatic rings. The first-order valence-corrected chi connectivity index (χ1v) is 6.69. The third-order valence-corrected chi connectivity index (χ3v) is 3.00. The van der Waals surface area contributed by atoms with Crippen molar-refractivity contribution in [3.05, 3.63) is 52.8 Å². The van der Waals surface area contributed by atoms with Crippen molar-refractivity contribution in [1.29, 1.82) is 0 Å². The Balaban J connectivity index is 2.04. The normalized spacial score (nSPS) is 10.3. The van der Waals surface area contributed by atoms with Gasteiger partial charge in [0.15, 0.2) is 29.8 Å². The predicted molar refractivity (Wildman–Crippen MR) is 78.4 cm³/mol. The van der Waals surface area contributed by atoms with Gasteiger partial charge in [0.25, 0.3) is 5.91 Å². The third-order valence-electron chi connectivity index (χ3n) is 2.77. The molecule has 1 N–H and O–H groups in total. The number of hydrogen-bond donors (Lipinski definition) is 1. The van der Waals surface area contributed by atoms with Crippen molar-refractivity contribution >= 4 is 23.2 Å². The third kappa shape index (κ3) is 4.29. The number of benzene rings is 2. The van der Waals surface area contributed by atoms with Gasteiger partial charge in [-0.1, -0.05) is 11.6 Å². The van der Waals surface area contributed by atoms with E-state index in [9.17, 15) is 18.0 Å². The summed E-state index contributed by atoms with van der Waals surface area (Å²) in [6.07, 6.45) is 0. The number of carbonyl (C=O) groups is 1. The Morgan fingerprint density at radius 1 is 1.09 bits per heavy atom. The summed E-state index contributed by atoms with van der Waals surface area (Å²) in [4.78, 5) is 11.8. The maximum Gasteiger partial charge on any atom is 0.262 e. The fourth-order valence-corrected chi connectivity index (χ4v) is 1.89. The lowest BCUT2D eigenvalue weighted by Gasteiger charge is -2.11. The molecular weight excluding hydrogens is 335 g/mol. The van der Waals surface area contributed by atoms with Gasteiger partial charge in [0.2, 0.25) is 0 Å². The van der Waals surface area contributed by atoms with Crippen LogP contribution in [0.1, 0.15) is 0 Å². The van der Waals surface area contributed by atoms with Gasteiger partial charge in [-0.2, -0.15) is 0 Å². The molecule has 0 radical (unpaired) electrons. The van der Waals surface area contributed by atoms with Gasteiger partial charge >= 0.3 is 0 Å². The van der Waals surface area contributed by atoms with Gasteiger partial charge in [0.1, 0.15) is 5.75 Å². The van der Waals surface area contributed by atoms with Crippen LogP contribution in [0.15, 0.2) is 30.3 Å². The van der Waals surface area contributed by atoms with Crippen LogP contribution in [0.5, 0.6) is 11.5 Å². The minimum absolute atomic E-state index is 0.291. The Morgan fingerprint density at radius 2 is 1.78 bits per heavy atom. The molecule has 4 nitrogen and oxygen atoms in total. The quantitative estimate of drug-likeness (QED) is 0.839. The van der Waals surface area contributed by atoms with Crippen LogP contribution < -0.4 is 14.8 Å². The van der Waals surface area contributed by atoms with Gasteiger partial charge in [-0.25, -0.2) is 13.2 Å². The maximum atomic E-state index is 13.4. The number of hydrogen-bond acceptors (Lipinski definition) is 3. The first-order valence-electron chi connectivity index (χ1n) is 6.31. The number of nitrogens with one attached hydrogen (secondary N) is 1. The van der Waals surface area contributed by atoms with E-state index in [0.29, 0.717) is 28.6 Å². The van der Waals surface area contributed by atoms with Gasteiger partial charge in [0.05, 0.1) is 12.8 Å². The van der Waals surface area contributed by atoms with Crippen molar-refractivity contribution in [3.63, 3.8) is 0 Å². The molecule has 0 aliphatic heterocycles. The van der Waals surface area contributed by atoms with E-state index < -0.39 is 35.7 Å². The van der Waals surface area contributed by atoms with Crippen molar-refractivity contribution in [2.45, 2.75) is 0 Å². The number of ether oxygens (including phenoxy) is 2. The number of halogens is 4. The highest BCUT2D eigenvalue weighted by atomic mass is 35.5. The minimum Gasteiger partial charge on any atom is -0.495 e. The zero-order chi connectivity index (χ0) is 17.0. The average molecular weight is 346 g/mol. The van der Waals surface area contributed by atoms with E-state index in [1.165, 1.54) is 13.2 Å². The van der Waals surface area contributed by atoms with Crippen LogP contribution in [-0.2, 0) is 4.79 Å². The summed E-state index contributed by atoms with van der Waals surface area (Å²) in [5, 5.41) is 2.82. The summed E-state index contributed by atoms with van der Waals surface area (Å²) in [6, 6.07) is 5.44. The molecule has 0 unspecified atom stereocenters. The van der Waals surface area contributed by atoms with Crippen LogP contribution in [0.2, 0.25) is 5.02 Å². The molecule has 2 aromatic rings. The van der Waals surface area contributed by atoms with E-state index in [4.69, 9.17) is 21.1 Å². The van der Waals surface area contributed by atoms with Crippen LogP contribution in [0.4, 0.5) is 18.9 Å². The van der Waals surface area contributed by atoms with Crippen molar-refractivity contribution < 1.29 is 27.4 Å². The Hall–Kier alpha value is -2.41. The van der Waals surface area contributed by atoms with Crippen molar-refractivity contribution in [1.82, 2.24) is 0 Å². The summed E-state index contributed by atoms with van der Waals surface area (Å²) in [5.41, 5.74) is 0.291. The molecule has 0 heterocycles. The maximum absolute atomic E-state index is 13.4. The topological polar surface area (TPSA) is 47.6 Å². The molecule has 0 atom stereocenters. The van der Waals surface area contributed by atoms with Crippen molar-refractivity contribution in [2.75, 3.05) is 19.0 Å². The molecule has 122 valence electrons. The lowest BCUT2D eigenvalue weighted by molar-refractivity contribution is -0.118. The van der Waals surface area contributed by atoms with Crippen LogP contribution in [-0.4, -0.2) is 19.6 Å². The average Bonchev–Trinajstić information content (AvgIpc) is 2.50. The molecule has 2 rings (SSSR count). The Labute approximate surface area is 134 Å². The van der Waals surface area contributed by atoms with E-state index in [0.717, 1.165) is 0 Å². The molecule has 0 fully saturated rings. The molecule has 0 aromatic heterocycles. The summed E-state index contributed by atoms with van der Waals surface area (Å²) >= 11 is 5.82. The van der Waals surface area contributed by atoms with E-state index >= 15 is 0 Å².